The molecule has 4 heteroatoms. The van der Waals surface area contributed by atoms with Gasteiger partial charge in [-0.15, -0.1) is 12.4 Å². The van der Waals surface area contributed by atoms with Crippen molar-refractivity contribution in [1.29, 1.82) is 0 Å². The van der Waals surface area contributed by atoms with Gasteiger partial charge in [0.05, 0.1) is 18.5 Å². The number of halogens is 1. The van der Waals surface area contributed by atoms with Gasteiger partial charge >= 0.3 is 0 Å². The lowest BCUT2D eigenvalue weighted by Crippen LogP contribution is -2.33. The first-order chi connectivity index (χ1) is 9.38. The molecule has 1 aliphatic heterocycles. The highest BCUT2D eigenvalue weighted by Crippen LogP contribution is 2.31. The number of fused-ring (bicyclic) bond motifs is 1. The van der Waals surface area contributed by atoms with Crippen molar-refractivity contribution in [2.45, 2.75) is 6.54 Å². The van der Waals surface area contributed by atoms with E-state index in [0.717, 1.165) is 25.4 Å². The zero-order valence-electron chi connectivity index (χ0n) is 11.5. The quantitative estimate of drug-likeness (QED) is 0.935. The van der Waals surface area contributed by atoms with Gasteiger partial charge in [0.25, 0.3) is 0 Å². The lowest BCUT2D eigenvalue weighted by atomic mass is 10.1. The van der Waals surface area contributed by atoms with Gasteiger partial charge in [-0.25, -0.2) is 0 Å². The van der Waals surface area contributed by atoms with Crippen LogP contribution in [0.3, 0.4) is 0 Å². The van der Waals surface area contributed by atoms with E-state index in [9.17, 15) is 0 Å². The second kappa shape index (κ2) is 6.53. The van der Waals surface area contributed by atoms with Gasteiger partial charge in [-0.2, -0.15) is 0 Å². The third kappa shape index (κ3) is 2.83. The Morgan fingerprint density at radius 3 is 2.70 bits per heavy atom. The fourth-order valence-corrected chi connectivity index (χ4v) is 2.55. The highest BCUT2D eigenvalue weighted by atomic mass is 35.5. The Labute approximate surface area is 126 Å². The minimum absolute atomic E-state index is 0. The van der Waals surface area contributed by atoms with Crippen LogP contribution in [-0.2, 0) is 6.54 Å². The van der Waals surface area contributed by atoms with Crippen LogP contribution in [0.4, 0.5) is 11.4 Å². The maximum atomic E-state index is 5.43. The van der Waals surface area contributed by atoms with E-state index in [1.807, 2.05) is 12.1 Å². The van der Waals surface area contributed by atoms with E-state index in [0.29, 0.717) is 0 Å². The third-order valence-electron chi connectivity index (χ3n) is 3.50. The Morgan fingerprint density at radius 2 is 1.85 bits per heavy atom. The van der Waals surface area contributed by atoms with Gasteiger partial charge in [0.2, 0.25) is 0 Å². The number of hydrogen-bond acceptors (Lipinski definition) is 3. The molecule has 0 amide bonds. The summed E-state index contributed by atoms with van der Waals surface area (Å²) in [5.41, 5.74) is 3.70. The molecule has 3 nitrogen and oxygen atoms in total. The van der Waals surface area contributed by atoms with Gasteiger partial charge in [0, 0.05) is 25.2 Å². The van der Waals surface area contributed by atoms with Gasteiger partial charge in [-0.05, 0) is 18.2 Å². The summed E-state index contributed by atoms with van der Waals surface area (Å²) in [6.45, 7) is 2.87. The van der Waals surface area contributed by atoms with Crippen molar-refractivity contribution < 1.29 is 4.74 Å². The minimum Gasteiger partial charge on any atom is -0.496 e. The molecule has 0 fully saturated rings. The molecule has 0 aromatic heterocycles. The van der Waals surface area contributed by atoms with Gasteiger partial charge in [0.15, 0.2) is 0 Å². The topological polar surface area (TPSA) is 24.5 Å². The van der Waals surface area contributed by atoms with Crippen molar-refractivity contribution in [3.8, 4) is 5.75 Å². The molecule has 2 aromatic rings. The minimum atomic E-state index is 0. The van der Waals surface area contributed by atoms with E-state index in [-0.39, 0.29) is 12.4 Å². The average Bonchev–Trinajstić information content (AvgIpc) is 2.48. The molecule has 0 bridgehead atoms. The smallest absolute Gasteiger partial charge is 0.123 e. The summed E-state index contributed by atoms with van der Waals surface area (Å²) in [4.78, 5) is 2.39. The maximum absolute atomic E-state index is 5.43. The first-order valence-corrected chi connectivity index (χ1v) is 6.58. The molecule has 2 aromatic carbocycles. The molecule has 1 N–H and O–H groups in total. The number of methoxy groups -OCH3 is 1. The Kier molecular flexibility index (Phi) is 4.74. The second-order valence-corrected chi connectivity index (χ2v) is 4.68. The molecule has 0 spiro atoms. The summed E-state index contributed by atoms with van der Waals surface area (Å²) in [7, 11) is 1.73. The summed E-state index contributed by atoms with van der Waals surface area (Å²) in [6.07, 6.45) is 0. The molecule has 0 saturated heterocycles. The van der Waals surface area contributed by atoms with E-state index in [2.05, 4.69) is 46.6 Å². The molecule has 0 aliphatic carbocycles. The summed E-state index contributed by atoms with van der Waals surface area (Å²) in [6, 6.07) is 16.7. The monoisotopic (exact) mass is 290 g/mol. The molecule has 0 unspecified atom stereocenters. The lowest BCUT2D eigenvalue weighted by Gasteiger charge is -2.32. The molecule has 106 valence electrons. The van der Waals surface area contributed by atoms with Gasteiger partial charge in [-0.3, -0.25) is 0 Å². The number of ether oxygens (including phenoxy) is 1. The molecule has 0 radical (unpaired) electrons. The van der Waals surface area contributed by atoms with Gasteiger partial charge in [-0.1, -0.05) is 30.3 Å². The number of anilines is 2. The van der Waals surface area contributed by atoms with Crippen LogP contribution >= 0.6 is 12.4 Å². The van der Waals surface area contributed by atoms with Crippen LogP contribution in [0.15, 0.2) is 48.5 Å². The number of nitrogens with zero attached hydrogens (tertiary/aromatic N) is 1. The Hall–Kier alpha value is -1.87. The summed E-state index contributed by atoms with van der Waals surface area (Å²) < 4.78 is 5.43. The molecule has 20 heavy (non-hydrogen) atoms. The van der Waals surface area contributed by atoms with Crippen LogP contribution in [0, 0.1) is 0 Å². The standard InChI is InChI=1S/C16H18N2O.ClH/c1-19-16-9-5-2-6-13(16)12-18-11-10-17-14-7-3-4-8-15(14)18;/h2-9,17H,10-12H2,1H3;1H. The fourth-order valence-electron chi connectivity index (χ4n) is 2.55. The molecule has 1 heterocycles. The van der Waals surface area contributed by atoms with Crippen LogP contribution in [0.2, 0.25) is 0 Å². The largest absolute Gasteiger partial charge is 0.496 e. The highest BCUT2D eigenvalue weighted by Gasteiger charge is 2.16. The number of para-hydroxylation sites is 3. The predicted molar refractivity (Wildman–Crippen MR) is 86.2 cm³/mol. The average molecular weight is 291 g/mol. The highest BCUT2D eigenvalue weighted by molar-refractivity contribution is 5.85. The van der Waals surface area contributed by atoms with Crippen LogP contribution in [0.5, 0.6) is 5.75 Å². The molecular formula is C16H19ClN2O. The first-order valence-electron chi connectivity index (χ1n) is 6.58. The molecular weight excluding hydrogens is 272 g/mol. The van der Waals surface area contributed by atoms with Crippen molar-refractivity contribution in [2.75, 3.05) is 30.4 Å². The van der Waals surface area contributed by atoms with E-state index >= 15 is 0 Å². The van der Waals surface area contributed by atoms with Crippen molar-refractivity contribution in [2.24, 2.45) is 0 Å². The third-order valence-corrected chi connectivity index (χ3v) is 3.50. The van der Waals surface area contributed by atoms with Crippen molar-refractivity contribution in [3.63, 3.8) is 0 Å². The zero-order chi connectivity index (χ0) is 13.1. The van der Waals surface area contributed by atoms with E-state index in [4.69, 9.17) is 4.74 Å². The molecule has 3 rings (SSSR count). The first kappa shape index (κ1) is 14.5. The molecule has 1 aliphatic rings. The Bertz CT molecular complexity index is 574. The predicted octanol–water partition coefficient (Wildman–Crippen LogP) is 3.55. The van der Waals surface area contributed by atoms with Gasteiger partial charge < -0.3 is 15.0 Å². The van der Waals surface area contributed by atoms with E-state index in [1.54, 1.807) is 7.11 Å². The molecule has 0 saturated carbocycles. The van der Waals surface area contributed by atoms with Crippen molar-refractivity contribution >= 4 is 23.8 Å². The summed E-state index contributed by atoms with van der Waals surface area (Å²) in [5.74, 6) is 0.957. The maximum Gasteiger partial charge on any atom is 0.123 e. The van der Waals surface area contributed by atoms with Crippen LogP contribution in [-0.4, -0.2) is 20.2 Å². The van der Waals surface area contributed by atoms with Crippen LogP contribution in [0.25, 0.3) is 0 Å². The summed E-state index contributed by atoms with van der Waals surface area (Å²) in [5, 5.41) is 3.43. The Morgan fingerprint density at radius 1 is 1.10 bits per heavy atom. The number of rotatable bonds is 3. The molecule has 0 atom stereocenters. The second-order valence-electron chi connectivity index (χ2n) is 4.68. The Balaban J connectivity index is 0.00000147. The van der Waals surface area contributed by atoms with Crippen molar-refractivity contribution in [3.05, 3.63) is 54.1 Å². The SMILES string of the molecule is COc1ccccc1CN1CCNc2ccccc21.Cl. The normalized spacial score (nSPS) is 12.9. The van der Waals surface area contributed by atoms with E-state index < -0.39 is 0 Å². The van der Waals surface area contributed by atoms with Crippen molar-refractivity contribution in [1.82, 2.24) is 0 Å². The fraction of sp³-hybridized carbons (Fsp3) is 0.250. The van der Waals surface area contributed by atoms with Crippen LogP contribution in [0.1, 0.15) is 5.56 Å². The van der Waals surface area contributed by atoms with Crippen LogP contribution < -0.4 is 15.0 Å². The zero-order valence-corrected chi connectivity index (χ0v) is 12.3. The number of nitrogens with one attached hydrogen (secondary N) is 1. The van der Waals surface area contributed by atoms with Gasteiger partial charge in [0.1, 0.15) is 5.75 Å². The summed E-state index contributed by atoms with van der Waals surface area (Å²) >= 11 is 0. The lowest BCUT2D eigenvalue weighted by molar-refractivity contribution is 0.409. The van der Waals surface area contributed by atoms with E-state index in [1.165, 1.54) is 16.9 Å². The number of benzene rings is 2. The number of hydrogen-bond donors (Lipinski definition) is 1.